The maximum atomic E-state index is 12.0. The molecule has 7 heteroatoms. The zero-order chi connectivity index (χ0) is 14.8. The second-order valence-electron chi connectivity index (χ2n) is 4.98. The van der Waals surface area contributed by atoms with Gasteiger partial charge in [-0.2, -0.15) is 0 Å². The molecule has 0 bridgehead atoms. The van der Waals surface area contributed by atoms with Crippen LogP contribution in [0.5, 0.6) is 0 Å². The summed E-state index contributed by atoms with van der Waals surface area (Å²) in [6, 6.07) is 5.65. The van der Waals surface area contributed by atoms with Gasteiger partial charge in [0.25, 0.3) is 5.91 Å². The minimum absolute atomic E-state index is 0.153. The zero-order valence-corrected chi connectivity index (χ0v) is 12.4. The molecular weight excluding hydrogens is 288 g/mol. The highest BCUT2D eigenvalue weighted by Crippen LogP contribution is 2.30. The van der Waals surface area contributed by atoms with Gasteiger partial charge in [0.2, 0.25) is 5.13 Å². The van der Waals surface area contributed by atoms with Gasteiger partial charge < -0.3 is 10.5 Å². The number of anilines is 2. The molecule has 1 saturated heterocycles. The summed E-state index contributed by atoms with van der Waals surface area (Å²) in [4.78, 5) is 12.0. The number of rotatable bonds is 3. The number of nitrogens with two attached hydrogens (primary N) is 1. The molecule has 0 saturated carbocycles. The molecule has 3 N–H and O–H groups in total. The number of aryl methyl sites for hydroxylation is 1. The Balaban J connectivity index is 1.77. The van der Waals surface area contributed by atoms with Crippen molar-refractivity contribution in [2.45, 2.75) is 25.9 Å². The summed E-state index contributed by atoms with van der Waals surface area (Å²) in [5.74, 6) is -0.153. The van der Waals surface area contributed by atoms with E-state index in [2.05, 4.69) is 15.5 Å². The van der Waals surface area contributed by atoms with Gasteiger partial charge in [-0.1, -0.05) is 17.4 Å². The summed E-state index contributed by atoms with van der Waals surface area (Å²) < 4.78 is 5.34. The fourth-order valence-corrected chi connectivity index (χ4v) is 3.05. The summed E-state index contributed by atoms with van der Waals surface area (Å²) in [5, 5.41) is 12.1. The van der Waals surface area contributed by atoms with Crippen molar-refractivity contribution in [3.05, 3.63) is 23.8 Å². The molecule has 0 aliphatic carbocycles. The maximum Gasteiger partial charge on any atom is 0.255 e. The third-order valence-corrected chi connectivity index (χ3v) is 4.24. The lowest BCUT2D eigenvalue weighted by Gasteiger charge is -2.07. The van der Waals surface area contributed by atoms with Crippen molar-refractivity contribution in [3.8, 4) is 10.6 Å². The predicted octanol–water partition coefficient (Wildman–Crippen LogP) is 2.21. The Morgan fingerprint density at radius 2 is 2.33 bits per heavy atom. The van der Waals surface area contributed by atoms with Gasteiger partial charge in [-0.3, -0.25) is 10.1 Å². The largest absolute Gasteiger partial charge is 0.399 e. The molecule has 0 spiro atoms. The third-order valence-electron chi connectivity index (χ3n) is 3.37. The number of carbonyl (C=O) groups excluding carboxylic acids is 1. The van der Waals surface area contributed by atoms with E-state index in [0.717, 1.165) is 29.0 Å². The summed E-state index contributed by atoms with van der Waals surface area (Å²) >= 11 is 1.33. The molecule has 1 amide bonds. The van der Waals surface area contributed by atoms with Crippen LogP contribution in [0.4, 0.5) is 10.8 Å². The van der Waals surface area contributed by atoms with Gasteiger partial charge in [0.15, 0.2) is 0 Å². The molecule has 110 valence electrons. The van der Waals surface area contributed by atoms with E-state index in [0.29, 0.717) is 17.4 Å². The van der Waals surface area contributed by atoms with Crippen LogP contribution in [0.15, 0.2) is 18.2 Å². The number of nitrogens with zero attached hydrogens (tertiary/aromatic N) is 2. The minimum atomic E-state index is -0.369. The lowest BCUT2D eigenvalue weighted by molar-refractivity contribution is -0.124. The minimum Gasteiger partial charge on any atom is -0.399 e. The Morgan fingerprint density at radius 3 is 3.10 bits per heavy atom. The van der Waals surface area contributed by atoms with Crippen molar-refractivity contribution in [1.82, 2.24) is 10.2 Å². The summed E-state index contributed by atoms with van der Waals surface area (Å²) in [6.45, 7) is 2.63. The van der Waals surface area contributed by atoms with Crippen molar-refractivity contribution < 1.29 is 9.53 Å². The van der Waals surface area contributed by atoms with Crippen molar-refractivity contribution in [2.75, 3.05) is 17.7 Å². The Hall–Kier alpha value is -1.99. The van der Waals surface area contributed by atoms with Crippen LogP contribution in [-0.4, -0.2) is 28.8 Å². The van der Waals surface area contributed by atoms with E-state index in [4.69, 9.17) is 10.5 Å². The molecule has 1 aliphatic rings. The summed E-state index contributed by atoms with van der Waals surface area (Å²) in [7, 11) is 0. The Labute approximate surface area is 126 Å². The highest BCUT2D eigenvalue weighted by Gasteiger charge is 2.24. The first-order chi connectivity index (χ1) is 10.1. The first-order valence-electron chi connectivity index (χ1n) is 6.76. The maximum absolute atomic E-state index is 12.0. The number of aromatic nitrogens is 2. The molecule has 1 aliphatic heterocycles. The number of carbonyl (C=O) groups is 1. The number of nitrogens with one attached hydrogen (secondary N) is 1. The highest BCUT2D eigenvalue weighted by atomic mass is 32.1. The van der Waals surface area contributed by atoms with Crippen LogP contribution < -0.4 is 11.1 Å². The van der Waals surface area contributed by atoms with Crippen molar-refractivity contribution >= 4 is 28.1 Å². The van der Waals surface area contributed by atoms with E-state index in [1.165, 1.54) is 11.3 Å². The molecule has 21 heavy (non-hydrogen) atoms. The summed E-state index contributed by atoms with van der Waals surface area (Å²) in [6.07, 6.45) is 1.31. The molecule has 1 fully saturated rings. The fraction of sp³-hybridized carbons (Fsp3) is 0.357. The SMILES string of the molecule is Cc1ccc(N)cc1-c1nnc(NC(=O)C2CCCO2)s1. The smallest absolute Gasteiger partial charge is 0.255 e. The standard InChI is InChI=1S/C14H16N4O2S/c1-8-4-5-9(15)7-10(8)13-17-18-14(21-13)16-12(19)11-3-2-6-20-11/h4-5,7,11H,2-3,6,15H2,1H3,(H,16,18,19). The molecule has 1 atom stereocenters. The number of amides is 1. The third kappa shape index (κ3) is 3.03. The summed E-state index contributed by atoms with van der Waals surface area (Å²) in [5.41, 5.74) is 8.48. The first kappa shape index (κ1) is 14.0. The number of ether oxygens (including phenoxy) is 1. The van der Waals surface area contributed by atoms with Gasteiger partial charge in [-0.15, -0.1) is 10.2 Å². The number of nitrogen functional groups attached to an aromatic ring is 1. The van der Waals surface area contributed by atoms with Crippen molar-refractivity contribution in [3.63, 3.8) is 0 Å². The molecule has 2 aromatic rings. The Bertz CT molecular complexity index is 665. The highest BCUT2D eigenvalue weighted by molar-refractivity contribution is 7.18. The molecule has 6 nitrogen and oxygen atoms in total. The van der Waals surface area contributed by atoms with Crippen molar-refractivity contribution in [1.29, 1.82) is 0 Å². The monoisotopic (exact) mass is 304 g/mol. The fourth-order valence-electron chi connectivity index (χ4n) is 2.22. The van der Waals surface area contributed by atoms with E-state index >= 15 is 0 Å². The van der Waals surface area contributed by atoms with Gasteiger partial charge in [-0.05, 0) is 37.5 Å². The van der Waals surface area contributed by atoms with E-state index in [1.807, 2.05) is 25.1 Å². The number of benzene rings is 1. The topological polar surface area (TPSA) is 90.1 Å². The predicted molar refractivity (Wildman–Crippen MR) is 82.1 cm³/mol. The van der Waals surface area contributed by atoms with Gasteiger partial charge >= 0.3 is 0 Å². The second kappa shape index (κ2) is 5.79. The van der Waals surface area contributed by atoms with Crippen LogP contribution in [0.3, 0.4) is 0 Å². The van der Waals surface area contributed by atoms with E-state index in [-0.39, 0.29) is 12.0 Å². The Kier molecular flexibility index (Phi) is 3.85. The van der Waals surface area contributed by atoms with E-state index in [1.54, 1.807) is 0 Å². The van der Waals surface area contributed by atoms with Gasteiger partial charge in [0, 0.05) is 17.9 Å². The molecule has 1 unspecified atom stereocenters. The molecule has 0 radical (unpaired) electrons. The van der Waals surface area contributed by atoms with E-state index in [9.17, 15) is 4.79 Å². The van der Waals surface area contributed by atoms with Crippen molar-refractivity contribution in [2.24, 2.45) is 0 Å². The molecule has 2 heterocycles. The average Bonchev–Trinajstić information content (AvgIpc) is 3.12. The van der Waals surface area contributed by atoms with Gasteiger partial charge in [0.05, 0.1) is 0 Å². The Morgan fingerprint density at radius 1 is 1.48 bits per heavy atom. The van der Waals surface area contributed by atoms with Crippen LogP contribution in [0, 0.1) is 6.92 Å². The molecule has 1 aromatic heterocycles. The number of hydrogen-bond donors (Lipinski definition) is 2. The normalized spacial score (nSPS) is 17.9. The van der Waals surface area contributed by atoms with E-state index < -0.39 is 0 Å². The van der Waals surface area contributed by atoms with Crippen LogP contribution >= 0.6 is 11.3 Å². The average molecular weight is 304 g/mol. The molecule has 3 rings (SSSR count). The first-order valence-corrected chi connectivity index (χ1v) is 7.57. The lowest BCUT2D eigenvalue weighted by atomic mass is 10.1. The zero-order valence-electron chi connectivity index (χ0n) is 11.6. The second-order valence-corrected chi connectivity index (χ2v) is 5.96. The van der Waals surface area contributed by atoms with Crippen LogP contribution in [-0.2, 0) is 9.53 Å². The molecular formula is C14H16N4O2S. The molecule has 1 aromatic carbocycles. The van der Waals surface area contributed by atoms with Crippen LogP contribution in [0.1, 0.15) is 18.4 Å². The van der Waals surface area contributed by atoms with Crippen LogP contribution in [0.2, 0.25) is 0 Å². The lowest BCUT2D eigenvalue weighted by Crippen LogP contribution is -2.26. The van der Waals surface area contributed by atoms with Crippen LogP contribution in [0.25, 0.3) is 10.6 Å². The number of hydrogen-bond acceptors (Lipinski definition) is 6. The quantitative estimate of drug-likeness (QED) is 0.849. The van der Waals surface area contributed by atoms with Gasteiger partial charge in [-0.25, -0.2) is 0 Å². The van der Waals surface area contributed by atoms with Gasteiger partial charge in [0.1, 0.15) is 11.1 Å².